The zero-order valence-electron chi connectivity index (χ0n) is 11.5. The fraction of sp³-hybridized carbons (Fsp3) is 0.118. The lowest BCUT2D eigenvalue weighted by molar-refractivity contribution is -0.137. The topological polar surface area (TPSA) is 26.3 Å². The van der Waals surface area contributed by atoms with Crippen molar-refractivity contribution in [1.82, 2.24) is 0 Å². The van der Waals surface area contributed by atoms with Crippen molar-refractivity contribution in [3.63, 3.8) is 0 Å². The minimum absolute atomic E-state index is 0.337. The van der Waals surface area contributed by atoms with Crippen molar-refractivity contribution < 1.29 is 9.53 Å². The zero-order chi connectivity index (χ0) is 15.2. The molecule has 0 saturated carbocycles. The Morgan fingerprint density at radius 3 is 1.76 bits per heavy atom. The molecule has 0 aliphatic carbocycles. The van der Waals surface area contributed by atoms with Crippen molar-refractivity contribution >= 4 is 34.7 Å². The van der Waals surface area contributed by atoms with Crippen LogP contribution in [0.25, 0.3) is 5.57 Å². The number of hydrogen-bond donors (Lipinski definition) is 0. The van der Waals surface area contributed by atoms with E-state index in [9.17, 15) is 4.79 Å². The first-order chi connectivity index (χ1) is 10.1. The van der Waals surface area contributed by atoms with E-state index in [2.05, 4.69) is 0 Å². The van der Waals surface area contributed by atoms with E-state index >= 15 is 0 Å². The number of esters is 1. The summed E-state index contributed by atoms with van der Waals surface area (Å²) in [5, 5.41) is 1.29. The van der Waals surface area contributed by atoms with Crippen molar-refractivity contribution in [1.29, 1.82) is 0 Å². The van der Waals surface area contributed by atoms with E-state index in [0.29, 0.717) is 16.7 Å². The molecule has 2 aromatic rings. The second-order valence-electron chi connectivity index (χ2n) is 4.32. The van der Waals surface area contributed by atoms with Gasteiger partial charge in [0.1, 0.15) is 0 Å². The van der Waals surface area contributed by atoms with E-state index < -0.39 is 0 Å². The average molecular weight is 321 g/mol. The first-order valence-electron chi connectivity index (χ1n) is 6.50. The van der Waals surface area contributed by atoms with Crippen LogP contribution in [0, 0.1) is 0 Å². The van der Waals surface area contributed by atoms with Crippen LogP contribution in [-0.4, -0.2) is 12.6 Å². The third-order valence-electron chi connectivity index (χ3n) is 2.86. The highest BCUT2D eigenvalue weighted by Crippen LogP contribution is 2.26. The summed E-state index contributed by atoms with van der Waals surface area (Å²) in [6, 6.07) is 14.6. The third kappa shape index (κ3) is 4.35. The van der Waals surface area contributed by atoms with Crippen LogP contribution in [0.1, 0.15) is 18.1 Å². The van der Waals surface area contributed by atoms with Gasteiger partial charge in [0.05, 0.1) is 6.61 Å². The molecule has 0 N–H and O–H groups in total. The Bertz CT molecular complexity index is 596. The normalized spacial score (nSPS) is 10.0. The molecule has 0 saturated heterocycles. The van der Waals surface area contributed by atoms with Crippen molar-refractivity contribution in [2.75, 3.05) is 6.61 Å². The summed E-state index contributed by atoms with van der Waals surface area (Å²) in [5.41, 5.74) is 2.53. The largest absolute Gasteiger partial charge is 0.463 e. The molecule has 2 nitrogen and oxygen atoms in total. The lowest BCUT2D eigenvalue weighted by Crippen LogP contribution is -2.01. The predicted octanol–water partition coefficient (Wildman–Crippen LogP) is 4.99. The Morgan fingerprint density at radius 1 is 0.952 bits per heavy atom. The van der Waals surface area contributed by atoms with Gasteiger partial charge in [0, 0.05) is 16.1 Å². The van der Waals surface area contributed by atoms with Gasteiger partial charge in [-0.15, -0.1) is 0 Å². The Hall–Kier alpha value is -1.77. The maximum absolute atomic E-state index is 11.8. The summed E-state index contributed by atoms with van der Waals surface area (Å²) in [7, 11) is 0. The minimum Gasteiger partial charge on any atom is -0.463 e. The van der Waals surface area contributed by atoms with Crippen LogP contribution >= 0.6 is 23.2 Å². The number of benzene rings is 2. The molecule has 2 rings (SSSR count). The molecule has 0 spiro atoms. The van der Waals surface area contributed by atoms with Crippen LogP contribution in [-0.2, 0) is 9.53 Å². The molecule has 0 bridgehead atoms. The molecule has 0 fully saturated rings. The zero-order valence-corrected chi connectivity index (χ0v) is 13.0. The van der Waals surface area contributed by atoms with Crippen LogP contribution in [0.3, 0.4) is 0 Å². The van der Waals surface area contributed by atoms with E-state index in [1.807, 2.05) is 24.3 Å². The maximum atomic E-state index is 11.8. The fourth-order valence-corrected chi connectivity index (χ4v) is 2.15. The van der Waals surface area contributed by atoms with Crippen molar-refractivity contribution in [2.45, 2.75) is 6.92 Å². The summed E-state index contributed by atoms with van der Waals surface area (Å²) in [6.07, 6.45) is 1.48. The first kappa shape index (κ1) is 15.6. The molecule has 0 heterocycles. The number of carbonyl (C=O) groups is 1. The summed E-state index contributed by atoms with van der Waals surface area (Å²) in [5.74, 6) is -0.377. The Morgan fingerprint density at radius 2 is 1.38 bits per heavy atom. The van der Waals surface area contributed by atoms with Gasteiger partial charge < -0.3 is 4.74 Å². The molecule has 108 valence electrons. The van der Waals surface area contributed by atoms with Gasteiger partial charge >= 0.3 is 5.97 Å². The van der Waals surface area contributed by atoms with Crippen molar-refractivity contribution in [2.24, 2.45) is 0 Å². The second-order valence-corrected chi connectivity index (χ2v) is 5.20. The lowest BCUT2D eigenvalue weighted by atomic mass is 9.97. The van der Waals surface area contributed by atoms with Crippen LogP contribution in [0.4, 0.5) is 0 Å². The quantitative estimate of drug-likeness (QED) is 0.586. The fourth-order valence-electron chi connectivity index (χ4n) is 1.89. The van der Waals surface area contributed by atoms with E-state index in [1.54, 1.807) is 31.2 Å². The number of halogens is 2. The van der Waals surface area contributed by atoms with Gasteiger partial charge in [-0.2, -0.15) is 0 Å². The summed E-state index contributed by atoms with van der Waals surface area (Å²) in [6.45, 7) is 2.11. The SMILES string of the molecule is CCOC(=O)C=C(c1ccc(Cl)cc1)c1ccc(Cl)cc1. The standard InChI is InChI=1S/C17H14Cl2O2/c1-2-21-17(20)11-16(12-3-7-14(18)8-4-12)13-5-9-15(19)10-6-13/h3-11H,2H2,1H3. The van der Waals surface area contributed by atoms with Crippen LogP contribution in [0.15, 0.2) is 54.6 Å². The van der Waals surface area contributed by atoms with E-state index in [-0.39, 0.29) is 5.97 Å². The average Bonchev–Trinajstić information content (AvgIpc) is 2.47. The van der Waals surface area contributed by atoms with Crippen LogP contribution in [0.2, 0.25) is 10.0 Å². The van der Waals surface area contributed by atoms with E-state index in [0.717, 1.165) is 16.7 Å². The van der Waals surface area contributed by atoms with Gasteiger partial charge in [0.25, 0.3) is 0 Å². The number of hydrogen-bond acceptors (Lipinski definition) is 2. The summed E-state index contributed by atoms with van der Waals surface area (Å²) in [4.78, 5) is 11.8. The molecule has 0 unspecified atom stereocenters. The maximum Gasteiger partial charge on any atom is 0.331 e. The monoisotopic (exact) mass is 320 g/mol. The Labute approximate surface area is 134 Å². The van der Waals surface area contributed by atoms with Gasteiger partial charge in [0.2, 0.25) is 0 Å². The number of carbonyl (C=O) groups excluding carboxylic acids is 1. The molecule has 0 radical (unpaired) electrons. The molecular formula is C17H14Cl2O2. The second kappa shape index (κ2) is 7.30. The van der Waals surface area contributed by atoms with Gasteiger partial charge in [-0.3, -0.25) is 0 Å². The van der Waals surface area contributed by atoms with E-state index in [1.165, 1.54) is 6.08 Å². The van der Waals surface area contributed by atoms with Crippen molar-refractivity contribution in [3.05, 3.63) is 75.8 Å². The minimum atomic E-state index is -0.377. The molecular weight excluding hydrogens is 307 g/mol. The Kier molecular flexibility index (Phi) is 5.43. The number of rotatable bonds is 4. The molecule has 21 heavy (non-hydrogen) atoms. The highest BCUT2D eigenvalue weighted by atomic mass is 35.5. The Balaban J connectivity index is 2.46. The lowest BCUT2D eigenvalue weighted by Gasteiger charge is -2.09. The highest BCUT2D eigenvalue weighted by molar-refractivity contribution is 6.31. The van der Waals surface area contributed by atoms with Crippen molar-refractivity contribution in [3.8, 4) is 0 Å². The summed E-state index contributed by atoms with van der Waals surface area (Å²) < 4.78 is 5.00. The van der Waals surface area contributed by atoms with Gasteiger partial charge in [-0.05, 0) is 47.9 Å². The molecule has 0 atom stereocenters. The molecule has 2 aromatic carbocycles. The smallest absolute Gasteiger partial charge is 0.331 e. The molecule has 0 aromatic heterocycles. The molecule has 4 heteroatoms. The predicted molar refractivity (Wildman–Crippen MR) is 86.6 cm³/mol. The van der Waals surface area contributed by atoms with Crippen LogP contribution < -0.4 is 0 Å². The van der Waals surface area contributed by atoms with Gasteiger partial charge in [-0.25, -0.2) is 4.79 Å². The highest BCUT2D eigenvalue weighted by Gasteiger charge is 2.08. The number of ether oxygens (including phenoxy) is 1. The molecule has 0 aliphatic rings. The van der Waals surface area contributed by atoms with Crippen LogP contribution in [0.5, 0.6) is 0 Å². The first-order valence-corrected chi connectivity index (χ1v) is 7.26. The van der Waals surface area contributed by atoms with E-state index in [4.69, 9.17) is 27.9 Å². The van der Waals surface area contributed by atoms with Gasteiger partial charge in [0.15, 0.2) is 0 Å². The molecule has 0 amide bonds. The summed E-state index contributed by atoms with van der Waals surface area (Å²) >= 11 is 11.8. The third-order valence-corrected chi connectivity index (χ3v) is 3.36. The molecule has 0 aliphatic heterocycles. The van der Waals surface area contributed by atoms with Gasteiger partial charge in [-0.1, -0.05) is 47.5 Å².